The van der Waals surface area contributed by atoms with Crippen molar-refractivity contribution in [3.63, 3.8) is 0 Å². The van der Waals surface area contributed by atoms with Crippen LogP contribution in [-0.4, -0.2) is 9.13 Å². The predicted molar refractivity (Wildman–Crippen MR) is 262 cm³/mol. The van der Waals surface area contributed by atoms with Crippen molar-refractivity contribution in [2.75, 3.05) is 0 Å². The van der Waals surface area contributed by atoms with Crippen molar-refractivity contribution in [2.24, 2.45) is 0 Å². The number of nitrogens with zero attached hydrogens (tertiary/aromatic N) is 3. The van der Waals surface area contributed by atoms with Crippen molar-refractivity contribution in [3.05, 3.63) is 222 Å². The first-order valence-electron chi connectivity index (χ1n) is 21.6. The summed E-state index contributed by atoms with van der Waals surface area (Å²) in [7, 11) is 0. The van der Waals surface area contributed by atoms with Crippen LogP contribution in [0.4, 0.5) is 18.9 Å². The largest absolute Gasteiger partial charge is 0.416 e. The molecule has 0 N–H and O–H groups in total. The minimum atomic E-state index is -4.47. The van der Waals surface area contributed by atoms with E-state index in [0.29, 0.717) is 16.8 Å². The third-order valence-corrected chi connectivity index (χ3v) is 13.0. The lowest BCUT2D eigenvalue weighted by Gasteiger charge is -2.21. The van der Waals surface area contributed by atoms with Crippen LogP contribution < -0.4 is 0 Å². The van der Waals surface area contributed by atoms with Crippen molar-refractivity contribution in [1.82, 2.24) is 9.13 Å². The van der Waals surface area contributed by atoms with Crippen LogP contribution in [0.15, 0.2) is 188 Å². The zero-order valence-corrected chi connectivity index (χ0v) is 35.9. The van der Waals surface area contributed by atoms with Gasteiger partial charge in [0.25, 0.3) is 0 Å². The standard InChI is InChI=1S/C59H40F3N3/c1-36-14-5-7-16-43(36)39-24-29-54-48(33-39)46-18-9-11-21-52(46)64(54)56-31-26-41(45-28-27-42(32-38(45)3)59(60,61)62)35-50(56)58-51(63-4)20-13-23-57(58)65-53-22-12-10-19-47(53)49-34-40(25-30-55(49)65)44-17-8-6-15-37(44)2/h5-35H,1-3H3. The van der Waals surface area contributed by atoms with E-state index < -0.39 is 11.7 Å². The van der Waals surface area contributed by atoms with Crippen LogP contribution in [0.2, 0.25) is 0 Å². The van der Waals surface area contributed by atoms with Crippen molar-refractivity contribution >= 4 is 49.3 Å². The van der Waals surface area contributed by atoms with Gasteiger partial charge in [-0.1, -0.05) is 121 Å². The highest BCUT2D eigenvalue weighted by molar-refractivity contribution is 6.13. The molecule has 2 aromatic heterocycles. The highest BCUT2D eigenvalue weighted by Gasteiger charge is 2.31. The summed E-state index contributed by atoms with van der Waals surface area (Å²) < 4.78 is 46.4. The van der Waals surface area contributed by atoms with Gasteiger partial charge in [0.05, 0.1) is 39.9 Å². The normalized spacial score (nSPS) is 11.8. The van der Waals surface area contributed by atoms with Crippen molar-refractivity contribution in [1.29, 1.82) is 0 Å². The Morgan fingerprint density at radius 2 is 0.892 bits per heavy atom. The molecule has 0 amide bonds. The number of aromatic nitrogens is 2. The molecule has 312 valence electrons. The van der Waals surface area contributed by atoms with Crippen LogP contribution >= 0.6 is 0 Å². The van der Waals surface area contributed by atoms with Gasteiger partial charge in [-0.25, -0.2) is 4.85 Å². The minimum Gasteiger partial charge on any atom is -0.310 e. The Balaban J connectivity index is 1.22. The summed E-state index contributed by atoms with van der Waals surface area (Å²) in [4.78, 5) is 4.20. The second-order valence-corrected chi connectivity index (χ2v) is 16.8. The minimum absolute atomic E-state index is 0.454. The maximum Gasteiger partial charge on any atom is 0.416 e. The van der Waals surface area contributed by atoms with E-state index in [1.54, 1.807) is 13.0 Å². The van der Waals surface area contributed by atoms with Gasteiger partial charge in [-0.15, -0.1) is 0 Å². The number of alkyl halides is 3. The summed E-state index contributed by atoms with van der Waals surface area (Å²) in [6, 6.07) is 62.7. The van der Waals surface area contributed by atoms with Gasteiger partial charge in [0.2, 0.25) is 0 Å². The molecule has 0 fully saturated rings. The third kappa shape index (κ3) is 6.50. The number of aryl methyl sites for hydroxylation is 3. The molecule has 0 aliphatic rings. The number of fused-ring (bicyclic) bond motifs is 6. The van der Waals surface area contributed by atoms with Gasteiger partial charge in [-0.05, 0) is 143 Å². The Hall–Kier alpha value is -8.14. The lowest BCUT2D eigenvalue weighted by Crippen LogP contribution is -2.05. The SMILES string of the molecule is [C-]#[N+]c1cccc(-n2c3ccccc3c3cc(-c4ccccc4C)ccc32)c1-c1cc(-c2ccc(C(F)(F)F)cc2C)ccc1-n1c2ccccc2c2cc(-c3ccccc3C)ccc21. The van der Waals surface area contributed by atoms with Gasteiger partial charge in [0.1, 0.15) is 0 Å². The quantitative estimate of drug-likeness (QED) is 0.148. The molecule has 0 aliphatic carbocycles. The van der Waals surface area contributed by atoms with E-state index in [1.807, 2.05) is 30.3 Å². The van der Waals surface area contributed by atoms with Crippen LogP contribution in [0, 0.1) is 27.3 Å². The van der Waals surface area contributed by atoms with Crippen molar-refractivity contribution < 1.29 is 13.2 Å². The van der Waals surface area contributed by atoms with Crippen molar-refractivity contribution in [3.8, 4) is 55.9 Å². The lowest BCUT2D eigenvalue weighted by molar-refractivity contribution is -0.137. The van der Waals surface area contributed by atoms with Gasteiger partial charge in [0, 0.05) is 32.8 Å². The molecule has 0 saturated carbocycles. The van der Waals surface area contributed by atoms with Crippen LogP contribution in [0.3, 0.4) is 0 Å². The van der Waals surface area contributed by atoms with E-state index in [1.165, 1.54) is 22.8 Å². The summed E-state index contributed by atoms with van der Waals surface area (Å²) in [6.45, 7) is 14.7. The summed E-state index contributed by atoms with van der Waals surface area (Å²) in [5.41, 5.74) is 15.7. The van der Waals surface area contributed by atoms with Crippen LogP contribution in [-0.2, 0) is 6.18 Å². The average Bonchev–Trinajstić information content (AvgIpc) is 3.83. The zero-order chi connectivity index (χ0) is 44.6. The van der Waals surface area contributed by atoms with Gasteiger partial charge in [-0.3, -0.25) is 0 Å². The van der Waals surface area contributed by atoms with E-state index in [4.69, 9.17) is 6.57 Å². The topological polar surface area (TPSA) is 14.2 Å². The Bertz CT molecular complexity index is 3760. The molecule has 2 heterocycles. The van der Waals surface area contributed by atoms with E-state index in [-0.39, 0.29) is 0 Å². The Labute approximate surface area is 374 Å². The fourth-order valence-electron chi connectivity index (χ4n) is 9.94. The monoisotopic (exact) mass is 847 g/mol. The molecule has 0 spiro atoms. The third-order valence-electron chi connectivity index (χ3n) is 13.0. The summed E-state index contributed by atoms with van der Waals surface area (Å²) >= 11 is 0. The molecular formula is C59H40F3N3. The summed E-state index contributed by atoms with van der Waals surface area (Å²) in [5.74, 6) is 0. The number of halogens is 3. The number of hydrogen-bond donors (Lipinski definition) is 0. The van der Waals surface area contributed by atoms with Crippen LogP contribution in [0.5, 0.6) is 0 Å². The predicted octanol–water partition coefficient (Wildman–Crippen LogP) is 17.0. The fourth-order valence-corrected chi connectivity index (χ4v) is 9.94. The van der Waals surface area contributed by atoms with E-state index >= 15 is 0 Å². The number of para-hydroxylation sites is 2. The van der Waals surface area contributed by atoms with Gasteiger partial charge in [0.15, 0.2) is 5.69 Å². The van der Waals surface area contributed by atoms with Crippen molar-refractivity contribution in [2.45, 2.75) is 26.9 Å². The average molecular weight is 848 g/mol. The molecule has 6 heteroatoms. The Morgan fingerprint density at radius 3 is 1.45 bits per heavy atom. The first-order chi connectivity index (χ1) is 31.6. The molecule has 0 aliphatic heterocycles. The second kappa shape index (κ2) is 15.3. The molecule has 11 rings (SSSR count). The molecule has 3 nitrogen and oxygen atoms in total. The maximum atomic E-state index is 14.0. The molecule has 0 saturated heterocycles. The smallest absolute Gasteiger partial charge is 0.310 e. The Kier molecular flexibility index (Phi) is 9.34. The molecule has 0 radical (unpaired) electrons. The molecular weight excluding hydrogens is 808 g/mol. The van der Waals surface area contributed by atoms with E-state index in [2.05, 4.69) is 167 Å². The summed E-state index contributed by atoms with van der Waals surface area (Å²) in [5, 5.41) is 4.33. The molecule has 0 bridgehead atoms. The summed E-state index contributed by atoms with van der Waals surface area (Å²) in [6.07, 6.45) is -4.47. The fraction of sp³-hybridized carbons (Fsp3) is 0.0678. The van der Waals surface area contributed by atoms with Crippen LogP contribution in [0.25, 0.3) is 104 Å². The maximum absolute atomic E-state index is 14.0. The van der Waals surface area contributed by atoms with Gasteiger partial charge >= 0.3 is 6.18 Å². The molecule has 9 aromatic carbocycles. The Morgan fingerprint density at radius 1 is 0.400 bits per heavy atom. The van der Waals surface area contributed by atoms with Gasteiger partial charge < -0.3 is 9.13 Å². The number of rotatable bonds is 6. The first kappa shape index (κ1) is 39.7. The highest BCUT2D eigenvalue weighted by Crippen LogP contribution is 2.47. The molecule has 0 atom stereocenters. The second-order valence-electron chi connectivity index (χ2n) is 16.8. The first-order valence-corrected chi connectivity index (χ1v) is 21.6. The van der Waals surface area contributed by atoms with E-state index in [0.717, 1.165) is 94.4 Å². The van der Waals surface area contributed by atoms with Crippen LogP contribution in [0.1, 0.15) is 22.3 Å². The van der Waals surface area contributed by atoms with Gasteiger partial charge in [-0.2, -0.15) is 13.2 Å². The molecule has 0 unspecified atom stereocenters. The zero-order valence-electron chi connectivity index (χ0n) is 35.9. The van der Waals surface area contributed by atoms with E-state index in [9.17, 15) is 13.2 Å². The molecule has 65 heavy (non-hydrogen) atoms. The number of benzene rings is 9. The highest BCUT2D eigenvalue weighted by atomic mass is 19.4. The molecule has 11 aromatic rings. The number of hydrogen-bond acceptors (Lipinski definition) is 0. The lowest BCUT2D eigenvalue weighted by atomic mass is 9.92.